The van der Waals surface area contributed by atoms with E-state index in [0.717, 1.165) is 5.92 Å². The molecule has 2 aromatic rings. The number of benzene rings is 2. The molecule has 0 bridgehead atoms. The topological polar surface area (TPSA) is 12.0 Å². The highest BCUT2D eigenvalue weighted by molar-refractivity contribution is 5.86. The van der Waals surface area contributed by atoms with Gasteiger partial charge >= 0.3 is 0 Å². The first kappa shape index (κ1) is 14.6. The summed E-state index contributed by atoms with van der Waals surface area (Å²) in [6, 6.07) is 15.9. The summed E-state index contributed by atoms with van der Waals surface area (Å²) in [6.07, 6.45) is 9.88. The van der Waals surface area contributed by atoms with Crippen LogP contribution in [0.1, 0.15) is 56.6 Å². The Morgan fingerprint density at radius 3 is 2.57 bits per heavy atom. The zero-order chi connectivity index (χ0) is 14.5. The van der Waals surface area contributed by atoms with Crippen LogP contribution in [0.3, 0.4) is 0 Å². The van der Waals surface area contributed by atoms with Crippen molar-refractivity contribution < 1.29 is 0 Å². The van der Waals surface area contributed by atoms with Crippen molar-refractivity contribution in [1.29, 1.82) is 0 Å². The van der Waals surface area contributed by atoms with Crippen LogP contribution < -0.4 is 5.32 Å². The van der Waals surface area contributed by atoms with E-state index >= 15 is 0 Å². The van der Waals surface area contributed by atoms with Gasteiger partial charge in [0.1, 0.15) is 0 Å². The van der Waals surface area contributed by atoms with Crippen LogP contribution >= 0.6 is 0 Å². The number of rotatable bonds is 5. The predicted octanol–water partition coefficient (Wildman–Crippen LogP) is 5.46. The first-order valence-corrected chi connectivity index (χ1v) is 8.53. The molecule has 2 aromatic carbocycles. The molecule has 0 radical (unpaired) electrons. The molecule has 1 N–H and O–H groups in total. The third-order valence-corrected chi connectivity index (χ3v) is 5.14. The molecule has 1 fully saturated rings. The maximum Gasteiger partial charge on any atom is 0.0323 e. The third kappa shape index (κ3) is 3.47. The summed E-state index contributed by atoms with van der Waals surface area (Å²) < 4.78 is 0. The summed E-state index contributed by atoms with van der Waals surface area (Å²) >= 11 is 0. The van der Waals surface area contributed by atoms with Crippen molar-refractivity contribution in [1.82, 2.24) is 5.32 Å². The van der Waals surface area contributed by atoms with E-state index in [1.807, 2.05) is 0 Å². The molecule has 21 heavy (non-hydrogen) atoms. The number of nitrogens with one attached hydrogen (secondary N) is 1. The van der Waals surface area contributed by atoms with Gasteiger partial charge in [0, 0.05) is 6.04 Å². The molecular weight excluding hydrogens is 254 g/mol. The highest BCUT2D eigenvalue weighted by Gasteiger charge is 2.17. The maximum atomic E-state index is 3.55. The molecule has 1 nitrogen and oxygen atoms in total. The Morgan fingerprint density at radius 2 is 1.76 bits per heavy atom. The lowest BCUT2D eigenvalue weighted by Crippen LogP contribution is -2.18. The van der Waals surface area contributed by atoms with Gasteiger partial charge in [-0.25, -0.2) is 0 Å². The van der Waals surface area contributed by atoms with Crippen LogP contribution in [0.15, 0.2) is 42.5 Å². The first-order valence-electron chi connectivity index (χ1n) is 8.53. The maximum absolute atomic E-state index is 3.55. The molecule has 1 aliphatic rings. The molecule has 0 saturated heterocycles. The quantitative estimate of drug-likeness (QED) is 0.767. The second-order valence-corrected chi connectivity index (χ2v) is 6.49. The van der Waals surface area contributed by atoms with Crippen LogP contribution in [0, 0.1) is 5.92 Å². The van der Waals surface area contributed by atoms with E-state index in [9.17, 15) is 0 Å². The molecule has 1 unspecified atom stereocenters. The van der Waals surface area contributed by atoms with Gasteiger partial charge in [-0.3, -0.25) is 0 Å². The fourth-order valence-corrected chi connectivity index (χ4v) is 3.89. The lowest BCUT2D eigenvalue weighted by atomic mass is 9.84. The predicted molar refractivity (Wildman–Crippen MR) is 91.6 cm³/mol. The Labute approximate surface area is 128 Å². The van der Waals surface area contributed by atoms with Gasteiger partial charge in [0.05, 0.1) is 0 Å². The largest absolute Gasteiger partial charge is 0.313 e. The average molecular weight is 281 g/mol. The number of hydrogen-bond donors (Lipinski definition) is 1. The summed E-state index contributed by atoms with van der Waals surface area (Å²) in [5.74, 6) is 0.963. The zero-order valence-electron chi connectivity index (χ0n) is 13.1. The average Bonchev–Trinajstić information content (AvgIpc) is 2.56. The minimum absolute atomic E-state index is 0.484. The van der Waals surface area contributed by atoms with Crippen molar-refractivity contribution in [2.24, 2.45) is 5.92 Å². The van der Waals surface area contributed by atoms with Gasteiger partial charge in [-0.15, -0.1) is 0 Å². The fourth-order valence-electron chi connectivity index (χ4n) is 3.89. The smallest absolute Gasteiger partial charge is 0.0323 e. The van der Waals surface area contributed by atoms with Gasteiger partial charge in [0.25, 0.3) is 0 Å². The monoisotopic (exact) mass is 281 g/mol. The number of fused-ring (bicyclic) bond motifs is 1. The molecular formula is C20H27N. The van der Waals surface area contributed by atoms with Crippen molar-refractivity contribution in [3.8, 4) is 0 Å². The normalized spacial score (nSPS) is 18.0. The highest BCUT2D eigenvalue weighted by Crippen LogP contribution is 2.32. The van der Waals surface area contributed by atoms with Gasteiger partial charge < -0.3 is 5.32 Å². The summed E-state index contributed by atoms with van der Waals surface area (Å²) in [7, 11) is 2.10. The van der Waals surface area contributed by atoms with E-state index in [1.54, 1.807) is 0 Å². The summed E-state index contributed by atoms with van der Waals surface area (Å²) in [4.78, 5) is 0. The Balaban J connectivity index is 1.75. The molecule has 1 atom stereocenters. The van der Waals surface area contributed by atoms with Crippen molar-refractivity contribution in [3.05, 3.63) is 48.0 Å². The van der Waals surface area contributed by atoms with E-state index in [4.69, 9.17) is 0 Å². The molecule has 1 saturated carbocycles. The van der Waals surface area contributed by atoms with Crippen molar-refractivity contribution in [2.75, 3.05) is 7.05 Å². The van der Waals surface area contributed by atoms with Gasteiger partial charge in [-0.2, -0.15) is 0 Å². The van der Waals surface area contributed by atoms with Crippen LogP contribution in [0.25, 0.3) is 10.8 Å². The lowest BCUT2D eigenvalue weighted by Gasteiger charge is -2.25. The Bertz CT molecular complexity index is 564. The minimum atomic E-state index is 0.484. The molecule has 0 aromatic heterocycles. The molecule has 0 heterocycles. The molecule has 1 heteroatoms. The van der Waals surface area contributed by atoms with Gasteiger partial charge in [0.15, 0.2) is 0 Å². The van der Waals surface area contributed by atoms with Crippen LogP contribution in [0.4, 0.5) is 0 Å². The zero-order valence-corrected chi connectivity index (χ0v) is 13.1. The minimum Gasteiger partial charge on any atom is -0.313 e. The highest BCUT2D eigenvalue weighted by atomic mass is 14.9. The fraction of sp³-hybridized carbons (Fsp3) is 0.500. The molecule has 0 aliphatic heterocycles. The van der Waals surface area contributed by atoms with Crippen molar-refractivity contribution in [2.45, 2.75) is 51.0 Å². The van der Waals surface area contributed by atoms with Gasteiger partial charge in [-0.1, -0.05) is 74.6 Å². The van der Waals surface area contributed by atoms with E-state index in [0.29, 0.717) is 6.04 Å². The molecule has 0 spiro atoms. The molecule has 0 amide bonds. The first-order chi connectivity index (χ1) is 10.4. The molecule has 1 aliphatic carbocycles. The lowest BCUT2D eigenvalue weighted by molar-refractivity contribution is 0.318. The van der Waals surface area contributed by atoms with Crippen LogP contribution in [-0.4, -0.2) is 7.05 Å². The van der Waals surface area contributed by atoms with E-state index in [1.165, 1.54) is 61.3 Å². The second-order valence-electron chi connectivity index (χ2n) is 6.49. The van der Waals surface area contributed by atoms with Crippen LogP contribution in [0.5, 0.6) is 0 Å². The van der Waals surface area contributed by atoms with Crippen molar-refractivity contribution >= 4 is 10.8 Å². The van der Waals surface area contributed by atoms with E-state index < -0.39 is 0 Å². The Morgan fingerprint density at radius 1 is 1.00 bits per heavy atom. The second kappa shape index (κ2) is 7.09. The Kier molecular flexibility index (Phi) is 4.92. The molecule has 3 rings (SSSR count). The summed E-state index contributed by atoms with van der Waals surface area (Å²) in [5.41, 5.74) is 1.46. The SMILES string of the molecule is CNC(CCC1CCCCC1)c1cccc2ccccc12. The van der Waals surface area contributed by atoms with Crippen LogP contribution in [0.2, 0.25) is 0 Å². The van der Waals surface area contributed by atoms with Gasteiger partial charge in [-0.05, 0) is 42.1 Å². The number of hydrogen-bond acceptors (Lipinski definition) is 1. The molecule has 112 valence electrons. The van der Waals surface area contributed by atoms with E-state index in [2.05, 4.69) is 54.8 Å². The van der Waals surface area contributed by atoms with E-state index in [-0.39, 0.29) is 0 Å². The van der Waals surface area contributed by atoms with Crippen molar-refractivity contribution in [3.63, 3.8) is 0 Å². The third-order valence-electron chi connectivity index (χ3n) is 5.14. The Hall–Kier alpha value is -1.34. The van der Waals surface area contributed by atoms with Crippen LogP contribution in [-0.2, 0) is 0 Å². The van der Waals surface area contributed by atoms with Gasteiger partial charge in [0.2, 0.25) is 0 Å². The summed E-state index contributed by atoms with van der Waals surface area (Å²) in [6.45, 7) is 0. The summed E-state index contributed by atoms with van der Waals surface area (Å²) in [5, 5.41) is 6.31. The standard InChI is InChI=1S/C20H27N/c1-21-20(15-14-16-8-3-2-4-9-16)19-13-7-11-17-10-5-6-12-18(17)19/h5-7,10-13,16,20-21H,2-4,8-9,14-15H2,1H3.